The number of hydrogen-bond acceptors (Lipinski definition) is 2. The average Bonchev–Trinajstić information content (AvgIpc) is 2.46. The molecule has 1 aromatic carbocycles. The van der Waals surface area contributed by atoms with Crippen molar-refractivity contribution in [2.75, 3.05) is 0 Å². The van der Waals surface area contributed by atoms with Gasteiger partial charge in [-0.2, -0.15) is 0 Å². The van der Waals surface area contributed by atoms with E-state index in [1.165, 1.54) is 0 Å². The molecule has 0 aromatic heterocycles. The van der Waals surface area contributed by atoms with Gasteiger partial charge in [0.1, 0.15) is 5.75 Å². The van der Waals surface area contributed by atoms with Crippen LogP contribution in [-0.4, -0.2) is 14.1 Å². The first-order valence-electron chi connectivity index (χ1n) is 5.84. The molecule has 92 valence electrons. The Kier molecular flexibility index (Phi) is 3.08. The number of carbonyl (C=O) groups excluding carboxylic acids is 1. The minimum absolute atomic E-state index is 0.156. The molecule has 0 bridgehead atoms. The maximum Gasteiger partial charge on any atom is 0.242 e. The van der Waals surface area contributed by atoms with Gasteiger partial charge in [-0.15, -0.1) is 0 Å². The smallest absolute Gasteiger partial charge is 0.242 e. The quantitative estimate of drug-likeness (QED) is 0.750. The van der Waals surface area contributed by atoms with Gasteiger partial charge >= 0.3 is 0 Å². The van der Waals surface area contributed by atoms with Crippen LogP contribution < -0.4 is 4.43 Å². The summed E-state index contributed by atoms with van der Waals surface area (Å²) >= 11 is 6.18. The molecule has 4 heteroatoms. The van der Waals surface area contributed by atoms with Crippen molar-refractivity contribution in [3.63, 3.8) is 0 Å². The molecular weight excluding hydrogens is 252 g/mol. The highest BCUT2D eigenvalue weighted by atomic mass is 35.5. The van der Waals surface area contributed by atoms with Crippen molar-refractivity contribution in [1.82, 2.24) is 0 Å². The van der Waals surface area contributed by atoms with E-state index in [2.05, 4.69) is 19.6 Å². The first kappa shape index (κ1) is 12.6. The molecule has 0 fully saturated rings. The summed E-state index contributed by atoms with van der Waals surface area (Å²) < 4.78 is 5.98. The van der Waals surface area contributed by atoms with E-state index in [1.54, 1.807) is 0 Å². The van der Waals surface area contributed by atoms with Crippen LogP contribution in [0.2, 0.25) is 24.7 Å². The van der Waals surface area contributed by atoms with Crippen molar-refractivity contribution in [2.24, 2.45) is 0 Å². The Bertz CT molecular complexity index is 477. The van der Waals surface area contributed by atoms with Crippen LogP contribution in [0.1, 0.15) is 35.2 Å². The third-order valence-electron chi connectivity index (χ3n) is 2.83. The highest BCUT2D eigenvalue weighted by molar-refractivity contribution is 6.70. The molecule has 1 aliphatic carbocycles. The molecule has 0 saturated heterocycles. The third-order valence-corrected chi connectivity index (χ3v) is 4.00. The van der Waals surface area contributed by atoms with E-state index in [9.17, 15) is 4.79 Å². The Morgan fingerprint density at radius 1 is 1.35 bits per heavy atom. The molecule has 2 nitrogen and oxygen atoms in total. The van der Waals surface area contributed by atoms with Crippen molar-refractivity contribution >= 4 is 25.7 Å². The summed E-state index contributed by atoms with van der Waals surface area (Å²) in [5.41, 5.74) is 1.68. The first-order valence-corrected chi connectivity index (χ1v) is 9.63. The Labute approximate surface area is 108 Å². The number of carbonyl (C=O) groups is 1. The fourth-order valence-corrected chi connectivity index (χ4v) is 3.41. The number of ketones is 1. The van der Waals surface area contributed by atoms with E-state index >= 15 is 0 Å². The van der Waals surface area contributed by atoms with Crippen molar-refractivity contribution in [3.05, 3.63) is 28.3 Å². The van der Waals surface area contributed by atoms with E-state index in [-0.39, 0.29) is 11.7 Å². The minimum Gasteiger partial charge on any atom is -0.544 e. The zero-order chi connectivity index (χ0) is 12.8. The normalized spacial score (nSPS) is 19.4. The van der Waals surface area contributed by atoms with E-state index in [0.29, 0.717) is 17.0 Å². The van der Waals surface area contributed by atoms with Crippen LogP contribution in [0.3, 0.4) is 0 Å². The number of hydrogen-bond donors (Lipinski definition) is 0. The fourth-order valence-electron chi connectivity index (χ4n) is 2.24. The summed E-state index contributed by atoms with van der Waals surface area (Å²) in [4.78, 5) is 12.0. The lowest BCUT2D eigenvalue weighted by atomic mass is 10.0. The van der Waals surface area contributed by atoms with Gasteiger partial charge in [-0.3, -0.25) is 4.79 Å². The number of Topliss-reactive ketones (excluding diaryl/α,β-unsaturated/α-hetero) is 1. The maximum absolute atomic E-state index is 12.0. The largest absolute Gasteiger partial charge is 0.544 e. The molecule has 0 N–H and O–H groups in total. The van der Waals surface area contributed by atoms with E-state index < -0.39 is 8.32 Å². The summed E-state index contributed by atoms with van der Waals surface area (Å²) in [7, 11) is -1.71. The molecule has 1 atom stereocenters. The Balaban J connectivity index is 2.54. The Morgan fingerprint density at radius 2 is 2.00 bits per heavy atom. The van der Waals surface area contributed by atoms with Gasteiger partial charge in [-0.1, -0.05) is 18.5 Å². The van der Waals surface area contributed by atoms with Gasteiger partial charge in [-0.05, 0) is 43.3 Å². The van der Waals surface area contributed by atoms with Gasteiger partial charge < -0.3 is 4.43 Å². The summed E-state index contributed by atoms with van der Waals surface area (Å²) in [6.45, 7) is 8.36. The van der Waals surface area contributed by atoms with E-state index in [0.717, 1.165) is 11.3 Å². The average molecular weight is 269 g/mol. The Hall–Kier alpha value is -0.803. The summed E-state index contributed by atoms with van der Waals surface area (Å²) in [6.07, 6.45) is 0.543. The van der Waals surface area contributed by atoms with Crippen LogP contribution in [0, 0.1) is 0 Å². The van der Waals surface area contributed by atoms with Crippen molar-refractivity contribution in [1.29, 1.82) is 0 Å². The molecular formula is C13H17ClO2Si. The highest BCUT2D eigenvalue weighted by Crippen LogP contribution is 2.42. The van der Waals surface area contributed by atoms with Crippen LogP contribution in [0.15, 0.2) is 12.1 Å². The standard InChI is InChI=1S/C13H17ClO2Si/c1-8-7-10(15)13-11(16-17(2,3)4)6-5-9(14)12(8)13/h5-6,8H,7H2,1-4H3. The molecule has 1 aliphatic rings. The number of rotatable bonds is 2. The molecule has 0 saturated carbocycles. The molecule has 17 heavy (non-hydrogen) atoms. The Morgan fingerprint density at radius 3 is 2.59 bits per heavy atom. The highest BCUT2D eigenvalue weighted by Gasteiger charge is 2.33. The maximum atomic E-state index is 12.0. The van der Waals surface area contributed by atoms with Gasteiger partial charge in [-0.25, -0.2) is 0 Å². The van der Waals surface area contributed by atoms with Gasteiger partial charge in [0.15, 0.2) is 5.78 Å². The van der Waals surface area contributed by atoms with Gasteiger partial charge in [0.25, 0.3) is 0 Å². The first-order chi connectivity index (χ1) is 7.79. The van der Waals surface area contributed by atoms with Gasteiger partial charge in [0, 0.05) is 11.4 Å². The van der Waals surface area contributed by atoms with Crippen molar-refractivity contribution < 1.29 is 9.22 Å². The zero-order valence-electron chi connectivity index (χ0n) is 10.6. The number of halogens is 1. The van der Waals surface area contributed by atoms with Gasteiger partial charge in [0.05, 0.1) is 5.56 Å². The molecule has 0 aliphatic heterocycles. The van der Waals surface area contributed by atoms with Crippen LogP contribution in [0.5, 0.6) is 5.75 Å². The fraction of sp³-hybridized carbons (Fsp3) is 0.462. The van der Waals surface area contributed by atoms with Crippen molar-refractivity contribution in [3.8, 4) is 5.75 Å². The molecule has 0 radical (unpaired) electrons. The molecule has 0 amide bonds. The monoisotopic (exact) mass is 268 g/mol. The molecule has 0 heterocycles. The second-order valence-electron chi connectivity index (χ2n) is 5.58. The summed E-state index contributed by atoms with van der Waals surface area (Å²) in [6, 6.07) is 3.67. The lowest BCUT2D eigenvalue weighted by Crippen LogP contribution is -2.30. The van der Waals surface area contributed by atoms with Gasteiger partial charge in [0.2, 0.25) is 8.32 Å². The van der Waals surface area contributed by atoms with E-state index in [4.69, 9.17) is 16.0 Å². The molecule has 2 rings (SSSR count). The predicted octanol–water partition coefficient (Wildman–Crippen LogP) is 4.24. The minimum atomic E-state index is -1.71. The van der Waals surface area contributed by atoms with Crippen LogP contribution in [-0.2, 0) is 0 Å². The third kappa shape index (κ3) is 2.40. The second kappa shape index (κ2) is 4.14. The molecule has 1 unspecified atom stereocenters. The number of benzene rings is 1. The lowest BCUT2D eigenvalue weighted by molar-refractivity contribution is 0.0989. The van der Waals surface area contributed by atoms with Crippen LogP contribution >= 0.6 is 11.6 Å². The topological polar surface area (TPSA) is 26.3 Å². The second-order valence-corrected chi connectivity index (χ2v) is 10.4. The molecule has 0 spiro atoms. The van der Waals surface area contributed by atoms with Crippen LogP contribution in [0.25, 0.3) is 0 Å². The SMILES string of the molecule is CC1CC(=O)c2c(O[Si](C)(C)C)ccc(Cl)c21. The predicted molar refractivity (Wildman–Crippen MR) is 72.8 cm³/mol. The number of fused-ring (bicyclic) bond motifs is 1. The van der Waals surface area contributed by atoms with Crippen molar-refractivity contribution in [2.45, 2.75) is 38.9 Å². The lowest BCUT2D eigenvalue weighted by Gasteiger charge is -2.21. The molecule has 1 aromatic rings. The summed E-state index contributed by atoms with van der Waals surface area (Å²) in [5.74, 6) is 1.08. The van der Waals surface area contributed by atoms with E-state index in [1.807, 2.05) is 19.1 Å². The van der Waals surface area contributed by atoms with Crippen LogP contribution in [0.4, 0.5) is 0 Å². The summed E-state index contributed by atoms with van der Waals surface area (Å²) in [5, 5.41) is 0.682. The zero-order valence-corrected chi connectivity index (χ0v) is 12.4.